The summed E-state index contributed by atoms with van der Waals surface area (Å²) in [6.45, 7) is -4.35. The summed E-state index contributed by atoms with van der Waals surface area (Å²) in [6.07, 6.45) is -0.303. The fourth-order valence-electron chi connectivity index (χ4n) is 1.71. The predicted octanol–water partition coefficient (Wildman–Crippen LogP) is -4.80. The van der Waals surface area contributed by atoms with Gasteiger partial charge in [0.2, 0.25) is 0 Å². The van der Waals surface area contributed by atoms with Crippen molar-refractivity contribution >= 4 is 10.1 Å². The van der Waals surface area contributed by atoms with Crippen LogP contribution in [0.2, 0.25) is 0 Å². The van der Waals surface area contributed by atoms with Crippen LogP contribution in [-0.4, -0.2) is 106 Å². The standard InChI is InChI=1S/C11H26N2O9S/c14-3-10(4-15,5-16)12-2-1-9(23(20,21)22)13-11(6-17,7-18)8-19/h9,12-19H,1-8H2,(H,20,21,22). The number of nitrogens with one attached hydrogen (secondary N) is 2. The van der Waals surface area contributed by atoms with Gasteiger partial charge in [-0.2, -0.15) is 8.42 Å². The lowest BCUT2D eigenvalue weighted by Crippen LogP contribution is -2.61. The van der Waals surface area contributed by atoms with Gasteiger partial charge in [0, 0.05) is 0 Å². The highest BCUT2D eigenvalue weighted by molar-refractivity contribution is 7.86. The molecule has 0 aromatic heterocycles. The van der Waals surface area contributed by atoms with Crippen LogP contribution in [0.3, 0.4) is 0 Å². The van der Waals surface area contributed by atoms with Gasteiger partial charge in [-0.15, -0.1) is 0 Å². The quantitative estimate of drug-likeness (QED) is 0.142. The molecule has 0 aliphatic carbocycles. The lowest BCUT2D eigenvalue weighted by Gasteiger charge is -2.33. The fourth-order valence-corrected chi connectivity index (χ4v) is 2.52. The van der Waals surface area contributed by atoms with Crippen molar-refractivity contribution in [2.24, 2.45) is 0 Å². The van der Waals surface area contributed by atoms with Crippen LogP contribution in [0.15, 0.2) is 0 Å². The molecule has 23 heavy (non-hydrogen) atoms. The summed E-state index contributed by atoms with van der Waals surface area (Å²) in [6, 6.07) is 0. The van der Waals surface area contributed by atoms with Gasteiger partial charge < -0.3 is 36.0 Å². The van der Waals surface area contributed by atoms with Gasteiger partial charge >= 0.3 is 0 Å². The Bertz CT molecular complexity index is 407. The number of hydrogen-bond acceptors (Lipinski definition) is 10. The van der Waals surface area contributed by atoms with E-state index in [4.69, 9.17) is 15.3 Å². The highest BCUT2D eigenvalue weighted by Crippen LogP contribution is 2.10. The molecule has 0 amide bonds. The van der Waals surface area contributed by atoms with Crippen molar-refractivity contribution in [1.29, 1.82) is 0 Å². The van der Waals surface area contributed by atoms with Crippen molar-refractivity contribution in [1.82, 2.24) is 10.6 Å². The molecule has 11 nitrogen and oxygen atoms in total. The summed E-state index contributed by atoms with van der Waals surface area (Å²) in [5, 5.41) is 58.2. The topological polar surface area (TPSA) is 200 Å². The summed E-state index contributed by atoms with van der Waals surface area (Å²) >= 11 is 0. The second-order valence-corrected chi connectivity index (χ2v) is 6.97. The Balaban J connectivity index is 4.97. The first-order valence-electron chi connectivity index (χ1n) is 6.82. The van der Waals surface area contributed by atoms with Gasteiger partial charge in [0.25, 0.3) is 10.1 Å². The third kappa shape index (κ3) is 6.54. The molecule has 0 bridgehead atoms. The Hall–Kier alpha value is -0.410. The summed E-state index contributed by atoms with van der Waals surface area (Å²) in [7, 11) is -4.64. The van der Waals surface area contributed by atoms with E-state index in [9.17, 15) is 28.3 Å². The molecular formula is C11H26N2O9S. The van der Waals surface area contributed by atoms with E-state index < -0.39 is 66.2 Å². The van der Waals surface area contributed by atoms with Gasteiger partial charge in [-0.1, -0.05) is 0 Å². The summed E-state index contributed by atoms with van der Waals surface area (Å²) in [5.41, 5.74) is -3.14. The Morgan fingerprint density at radius 3 is 1.48 bits per heavy atom. The monoisotopic (exact) mass is 362 g/mol. The molecule has 140 valence electrons. The lowest BCUT2D eigenvalue weighted by atomic mass is 10.0. The largest absolute Gasteiger partial charge is 0.394 e. The Kier molecular flexibility index (Phi) is 9.61. The maximum atomic E-state index is 11.4. The molecule has 0 heterocycles. The van der Waals surface area contributed by atoms with Gasteiger partial charge in [-0.05, 0) is 13.0 Å². The van der Waals surface area contributed by atoms with Crippen molar-refractivity contribution in [3.05, 3.63) is 0 Å². The molecule has 9 N–H and O–H groups in total. The van der Waals surface area contributed by atoms with E-state index in [1.54, 1.807) is 0 Å². The van der Waals surface area contributed by atoms with Crippen molar-refractivity contribution < 1.29 is 43.6 Å². The molecule has 0 radical (unpaired) electrons. The lowest BCUT2D eigenvalue weighted by molar-refractivity contribution is 0.0349. The molecule has 1 atom stereocenters. The van der Waals surface area contributed by atoms with Gasteiger partial charge in [0.1, 0.15) is 5.37 Å². The summed E-state index contributed by atoms with van der Waals surface area (Å²) in [4.78, 5) is 0. The fraction of sp³-hybridized carbons (Fsp3) is 1.00. The Labute approximate surface area is 134 Å². The minimum atomic E-state index is -4.64. The molecule has 0 fully saturated rings. The highest BCUT2D eigenvalue weighted by atomic mass is 32.2. The van der Waals surface area contributed by atoms with Gasteiger partial charge in [-0.3, -0.25) is 9.87 Å². The first-order chi connectivity index (χ1) is 10.7. The van der Waals surface area contributed by atoms with Gasteiger partial charge in [-0.25, -0.2) is 0 Å². The van der Waals surface area contributed by atoms with E-state index in [2.05, 4.69) is 10.6 Å². The molecule has 0 spiro atoms. The average molecular weight is 362 g/mol. The normalized spacial score (nSPS) is 14.9. The van der Waals surface area contributed by atoms with Crippen LogP contribution in [0.25, 0.3) is 0 Å². The maximum absolute atomic E-state index is 11.4. The Morgan fingerprint density at radius 2 is 1.17 bits per heavy atom. The summed E-state index contributed by atoms with van der Waals surface area (Å²) < 4.78 is 32.0. The molecule has 0 rings (SSSR count). The zero-order valence-corrected chi connectivity index (χ0v) is 13.4. The molecule has 0 saturated heterocycles. The molecule has 0 saturated carbocycles. The van der Waals surface area contributed by atoms with Crippen LogP contribution in [0, 0.1) is 0 Å². The average Bonchev–Trinajstić information content (AvgIpc) is 2.54. The van der Waals surface area contributed by atoms with Crippen LogP contribution in [0.5, 0.6) is 0 Å². The molecule has 0 aromatic rings. The molecular weight excluding hydrogens is 336 g/mol. The molecule has 1 unspecified atom stereocenters. The van der Waals surface area contributed by atoms with E-state index in [-0.39, 0.29) is 13.0 Å². The van der Waals surface area contributed by atoms with Gasteiger partial charge in [0.05, 0.1) is 50.7 Å². The third-order valence-corrected chi connectivity index (χ3v) is 4.62. The Morgan fingerprint density at radius 1 is 0.783 bits per heavy atom. The predicted molar refractivity (Wildman–Crippen MR) is 79.1 cm³/mol. The van der Waals surface area contributed by atoms with E-state index in [1.165, 1.54) is 0 Å². The van der Waals surface area contributed by atoms with E-state index in [1.807, 2.05) is 0 Å². The highest BCUT2D eigenvalue weighted by Gasteiger charge is 2.36. The van der Waals surface area contributed by atoms with Crippen LogP contribution in [-0.2, 0) is 10.1 Å². The van der Waals surface area contributed by atoms with Crippen molar-refractivity contribution in [2.45, 2.75) is 22.9 Å². The number of hydrogen-bond donors (Lipinski definition) is 9. The van der Waals surface area contributed by atoms with Crippen molar-refractivity contribution in [3.8, 4) is 0 Å². The molecule has 0 aromatic carbocycles. The number of aliphatic hydroxyl groups excluding tert-OH is 6. The van der Waals surface area contributed by atoms with Gasteiger partial charge in [0.15, 0.2) is 0 Å². The minimum Gasteiger partial charge on any atom is -0.394 e. The van der Waals surface area contributed by atoms with Crippen LogP contribution >= 0.6 is 0 Å². The zero-order valence-electron chi connectivity index (χ0n) is 12.6. The smallest absolute Gasteiger partial charge is 0.281 e. The zero-order chi connectivity index (χ0) is 18.1. The first kappa shape index (κ1) is 22.6. The molecule has 0 aliphatic heterocycles. The van der Waals surface area contributed by atoms with E-state index in [0.717, 1.165) is 0 Å². The second-order valence-electron chi connectivity index (χ2n) is 5.37. The van der Waals surface area contributed by atoms with Crippen LogP contribution in [0.1, 0.15) is 6.42 Å². The maximum Gasteiger partial charge on any atom is 0.281 e. The molecule has 12 heteroatoms. The van der Waals surface area contributed by atoms with Crippen LogP contribution in [0.4, 0.5) is 0 Å². The molecule has 0 aliphatic rings. The van der Waals surface area contributed by atoms with Crippen LogP contribution < -0.4 is 10.6 Å². The first-order valence-corrected chi connectivity index (χ1v) is 8.32. The third-order valence-electron chi connectivity index (χ3n) is 3.55. The van der Waals surface area contributed by atoms with E-state index >= 15 is 0 Å². The SMILES string of the molecule is O=S(=O)(O)C(CCNC(CO)(CO)CO)NC(CO)(CO)CO. The second kappa shape index (κ2) is 9.78. The van der Waals surface area contributed by atoms with Crippen molar-refractivity contribution in [3.63, 3.8) is 0 Å². The van der Waals surface area contributed by atoms with E-state index in [0.29, 0.717) is 0 Å². The number of aliphatic hydroxyl groups is 6. The minimum absolute atomic E-state index is 0.155. The summed E-state index contributed by atoms with van der Waals surface area (Å²) in [5.74, 6) is 0. The number of rotatable bonds is 13. The van der Waals surface area contributed by atoms with Crippen molar-refractivity contribution in [2.75, 3.05) is 46.2 Å².